The minimum Gasteiger partial charge on any atom is -0.326 e. The number of hydrogen-bond donors (Lipinski definition) is 4. The topological polar surface area (TPSA) is 99.3 Å². The van der Waals surface area contributed by atoms with E-state index in [-0.39, 0.29) is 16.9 Å². The predicted molar refractivity (Wildman–Crippen MR) is 110 cm³/mol. The van der Waals surface area contributed by atoms with Crippen LogP contribution in [0.3, 0.4) is 0 Å². The number of anilines is 1. The van der Waals surface area contributed by atoms with Gasteiger partial charge in [-0.05, 0) is 49.3 Å². The number of carbonyl (C=O) groups is 3. The molecule has 0 atom stereocenters. The number of unbranched alkanes of at least 4 members (excludes halogenated alkanes) is 3. The Bertz CT molecular complexity index is 647. The molecule has 0 aromatic heterocycles. The van der Waals surface area contributed by atoms with Gasteiger partial charge in [-0.25, -0.2) is 0 Å². The molecule has 0 aliphatic heterocycles. The molecule has 1 aromatic rings. The van der Waals surface area contributed by atoms with E-state index in [4.69, 9.17) is 12.2 Å². The third-order valence-electron chi connectivity index (χ3n) is 3.74. The second-order valence-electron chi connectivity index (χ2n) is 6.14. The summed E-state index contributed by atoms with van der Waals surface area (Å²) in [6, 6.07) is 6.51. The second-order valence-corrected chi connectivity index (χ2v) is 6.55. The van der Waals surface area contributed by atoms with Crippen molar-refractivity contribution < 1.29 is 14.4 Å². The van der Waals surface area contributed by atoms with Gasteiger partial charge in [0.25, 0.3) is 5.91 Å². The largest absolute Gasteiger partial charge is 0.326 e. The van der Waals surface area contributed by atoms with E-state index in [1.54, 1.807) is 24.3 Å². The van der Waals surface area contributed by atoms with Crippen LogP contribution in [0.4, 0.5) is 5.69 Å². The zero-order valence-electron chi connectivity index (χ0n) is 15.9. The quantitative estimate of drug-likeness (QED) is 0.294. The molecule has 0 radical (unpaired) electrons. The molecule has 0 aliphatic carbocycles. The van der Waals surface area contributed by atoms with Crippen molar-refractivity contribution in [2.45, 2.75) is 58.8 Å². The maximum Gasteiger partial charge on any atom is 0.269 e. The van der Waals surface area contributed by atoms with Crippen LogP contribution in [0, 0.1) is 0 Å². The summed E-state index contributed by atoms with van der Waals surface area (Å²) in [4.78, 5) is 35.4. The SMILES string of the molecule is CCCCCC(=O)NC(=S)NNC(=O)c1ccc(NC(=O)CCCC)cc1. The fraction of sp³-hybridized carbons (Fsp3) is 0.474. The summed E-state index contributed by atoms with van der Waals surface area (Å²) in [6.07, 6.45) is 5.50. The van der Waals surface area contributed by atoms with Crippen molar-refractivity contribution >= 4 is 40.7 Å². The Hall–Kier alpha value is -2.48. The third kappa shape index (κ3) is 9.69. The third-order valence-corrected chi connectivity index (χ3v) is 3.94. The summed E-state index contributed by atoms with van der Waals surface area (Å²) in [6.45, 7) is 4.09. The van der Waals surface area contributed by atoms with E-state index < -0.39 is 5.91 Å². The molecular weight excluding hydrogens is 364 g/mol. The van der Waals surface area contributed by atoms with Crippen molar-refractivity contribution in [1.29, 1.82) is 0 Å². The molecule has 0 saturated heterocycles. The Morgan fingerprint density at radius 2 is 1.48 bits per heavy atom. The van der Waals surface area contributed by atoms with Crippen molar-refractivity contribution in [3.63, 3.8) is 0 Å². The highest BCUT2D eigenvalue weighted by molar-refractivity contribution is 7.80. The number of nitrogens with one attached hydrogen (secondary N) is 4. The van der Waals surface area contributed by atoms with Gasteiger partial charge in [0.15, 0.2) is 5.11 Å². The Kier molecular flexibility index (Phi) is 10.7. The Labute approximate surface area is 165 Å². The lowest BCUT2D eigenvalue weighted by molar-refractivity contribution is -0.120. The van der Waals surface area contributed by atoms with Crippen LogP contribution in [0.2, 0.25) is 0 Å². The molecule has 0 bridgehead atoms. The van der Waals surface area contributed by atoms with Gasteiger partial charge < -0.3 is 10.6 Å². The fourth-order valence-corrected chi connectivity index (χ4v) is 2.37. The number of hydrogen-bond acceptors (Lipinski definition) is 4. The van der Waals surface area contributed by atoms with Crippen LogP contribution in [0.15, 0.2) is 24.3 Å². The zero-order chi connectivity index (χ0) is 20.1. The monoisotopic (exact) mass is 392 g/mol. The highest BCUT2D eigenvalue weighted by Crippen LogP contribution is 2.10. The standard InChI is InChI=1S/C19H28N4O3S/c1-3-5-7-9-17(25)21-19(27)23-22-18(26)14-10-12-15(13-11-14)20-16(24)8-6-4-2/h10-13H,3-9H2,1-2H3,(H,20,24)(H,22,26)(H2,21,23,25,27). The van der Waals surface area contributed by atoms with Gasteiger partial charge in [0.2, 0.25) is 11.8 Å². The maximum absolute atomic E-state index is 12.1. The van der Waals surface area contributed by atoms with Crippen molar-refractivity contribution in [3.8, 4) is 0 Å². The van der Waals surface area contributed by atoms with Crippen molar-refractivity contribution in [1.82, 2.24) is 16.2 Å². The Balaban J connectivity index is 2.38. The minimum atomic E-state index is -0.401. The van der Waals surface area contributed by atoms with Gasteiger partial charge in [-0.15, -0.1) is 0 Å². The molecule has 7 nitrogen and oxygen atoms in total. The molecular formula is C19H28N4O3S. The molecule has 1 aromatic carbocycles. The first-order chi connectivity index (χ1) is 13.0. The van der Waals surface area contributed by atoms with Gasteiger partial charge in [0.1, 0.15) is 0 Å². The number of carbonyl (C=O) groups excluding carboxylic acids is 3. The number of benzene rings is 1. The molecule has 0 unspecified atom stereocenters. The molecule has 0 spiro atoms. The van der Waals surface area contributed by atoms with Crippen LogP contribution in [-0.2, 0) is 9.59 Å². The van der Waals surface area contributed by atoms with Crippen molar-refractivity contribution in [2.75, 3.05) is 5.32 Å². The molecule has 27 heavy (non-hydrogen) atoms. The molecule has 3 amide bonds. The minimum absolute atomic E-state index is 0.0456. The predicted octanol–water partition coefficient (Wildman–Crippen LogP) is 3.03. The van der Waals surface area contributed by atoms with Gasteiger partial charge in [0.05, 0.1) is 0 Å². The van der Waals surface area contributed by atoms with Crippen LogP contribution in [0.25, 0.3) is 0 Å². The normalized spacial score (nSPS) is 10.0. The van der Waals surface area contributed by atoms with Gasteiger partial charge in [-0.2, -0.15) is 0 Å². The number of hydrazine groups is 1. The van der Waals surface area contributed by atoms with Crippen LogP contribution >= 0.6 is 12.2 Å². The van der Waals surface area contributed by atoms with Gasteiger partial charge >= 0.3 is 0 Å². The van der Waals surface area contributed by atoms with Crippen LogP contribution in [-0.4, -0.2) is 22.8 Å². The lowest BCUT2D eigenvalue weighted by Gasteiger charge is -2.11. The van der Waals surface area contributed by atoms with Crippen LogP contribution < -0.4 is 21.5 Å². The molecule has 4 N–H and O–H groups in total. The van der Waals surface area contributed by atoms with E-state index >= 15 is 0 Å². The smallest absolute Gasteiger partial charge is 0.269 e. The van der Waals surface area contributed by atoms with E-state index in [2.05, 4.69) is 28.4 Å². The van der Waals surface area contributed by atoms with Gasteiger partial charge in [-0.1, -0.05) is 33.1 Å². The highest BCUT2D eigenvalue weighted by Gasteiger charge is 2.08. The lowest BCUT2D eigenvalue weighted by atomic mass is 10.2. The highest BCUT2D eigenvalue weighted by atomic mass is 32.1. The maximum atomic E-state index is 12.1. The summed E-state index contributed by atoms with van der Waals surface area (Å²) in [7, 11) is 0. The van der Waals surface area contributed by atoms with Crippen molar-refractivity contribution in [3.05, 3.63) is 29.8 Å². The van der Waals surface area contributed by atoms with E-state index in [1.807, 2.05) is 6.92 Å². The van der Waals surface area contributed by atoms with E-state index in [0.29, 0.717) is 24.1 Å². The van der Waals surface area contributed by atoms with Gasteiger partial charge in [-0.3, -0.25) is 25.2 Å². The molecule has 8 heteroatoms. The molecule has 1 rings (SSSR count). The molecule has 0 saturated carbocycles. The summed E-state index contributed by atoms with van der Waals surface area (Å²) in [5.74, 6) is -0.629. The summed E-state index contributed by atoms with van der Waals surface area (Å²) in [5.41, 5.74) is 5.96. The molecule has 0 heterocycles. The number of amides is 3. The average Bonchev–Trinajstić information content (AvgIpc) is 2.65. The first kappa shape index (κ1) is 22.6. The number of thiocarbonyl (C=S) groups is 1. The van der Waals surface area contributed by atoms with E-state index in [0.717, 1.165) is 32.1 Å². The van der Waals surface area contributed by atoms with Crippen LogP contribution in [0.5, 0.6) is 0 Å². The first-order valence-corrected chi connectivity index (χ1v) is 9.67. The van der Waals surface area contributed by atoms with E-state index in [9.17, 15) is 14.4 Å². The Morgan fingerprint density at radius 1 is 0.852 bits per heavy atom. The lowest BCUT2D eigenvalue weighted by Crippen LogP contribution is -2.48. The van der Waals surface area contributed by atoms with E-state index in [1.165, 1.54) is 0 Å². The average molecular weight is 393 g/mol. The zero-order valence-corrected chi connectivity index (χ0v) is 16.7. The van der Waals surface area contributed by atoms with Crippen molar-refractivity contribution in [2.24, 2.45) is 0 Å². The molecule has 0 aliphatic rings. The number of rotatable bonds is 9. The molecule has 148 valence electrons. The molecule has 0 fully saturated rings. The summed E-state index contributed by atoms with van der Waals surface area (Å²) < 4.78 is 0. The van der Waals surface area contributed by atoms with Gasteiger partial charge in [0, 0.05) is 24.1 Å². The van der Waals surface area contributed by atoms with Crippen LogP contribution in [0.1, 0.15) is 69.2 Å². The first-order valence-electron chi connectivity index (χ1n) is 9.26. The Morgan fingerprint density at radius 3 is 2.11 bits per heavy atom. The second kappa shape index (κ2) is 12.8. The summed E-state index contributed by atoms with van der Waals surface area (Å²) >= 11 is 4.98. The summed E-state index contributed by atoms with van der Waals surface area (Å²) in [5, 5.41) is 5.34. The fourth-order valence-electron chi connectivity index (χ4n) is 2.21.